The number of hydrogen-bond donors (Lipinski definition) is 1. The smallest absolute Gasteiger partial charge is 0.328 e. The van der Waals surface area contributed by atoms with Gasteiger partial charge in [0, 0.05) is 12.2 Å². The highest BCUT2D eigenvalue weighted by Gasteiger charge is 2.23. The average molecular weight is 262 g/mol. The minimum Gasteiger partial charge on any atom is -0.362 e. The summed E-state index contributed by atoms with van der Waals surface area (Å²) in [5, 5.41) is 23.0. The first-order chi connectivity index (χ1) is 9.04. The fourth-order valence-electron chi connectivity index (χ4n) is 2.16. The van der Waals surface area contributed by atoms with E-state index in [1.807, 2.05) is 13.0 Å². The quantitative estimate of drug-likeness (QED) is 0.628. The molecule has 0 aliphatic carbocycles. The molecule has 19 heavy (non-hydrogen) atoms. The van der Waals surface area contributed by atoms with Crippen LogP contribution >= 0.6 is 0 Å². The van der Waals surface area contributed by atoms with Crippen LogP contribution in [0.2, 0.25) is 0 Å². The van der Waals surface area contributed by atoms with Crippen LogP contribution < -0.4 is 5.32 Å². The van der Waals surface area contributed by atoms with Gasteiger partial charge in [-0.15, -0.1) is 0 Å². The van der Waals surface area contributed by atoms with E-state index in [9.17, 15) is 10.1 Å². The van der Waals surface area contributed by atoms with Gasteiger partial charge in [0.05, 0.1) is 4.92 Å². The summed E-state index contributed by atoms with van der Waals surface area (Å²) in [5.74, 6) is 0.579. The molecule has 6 nitrogen and oxygen atoms in total. The third-order valence-corrected chi connectivity index (χ3v) is 3.35. The first-order valence-corrected chi connectivity index (χ1v) is 6.35. The predicted octanol–water partition coefficient (Wildman–Crippen LogP) is 3.10. The Balaban J connectivity index is 3.08. The van der Waals surface area contributed by atoms with Crippen molar-refractivity contribution in [3.05, 3.63) is 27.9 Å². The van der Waals surface area contributed by atoms with Gasteiger partial charge < -0.3 is 5.32 Å². The molecule has 0 aromatic carbocycles. The van der Waals surface area contributed by atoms with Crippen LogP contribution in [-0.4, -0.2) is 15.9 Å². The summed E-state index contributed by atoms with van der Waals surface area (Å²) in [6.07, 6.45) is 3.38. The van der Waals surface area contributed by atoms with Crippen molar-refractivity contribution in [2.45, 2.75) is 39.7 Å². The Kier molecular flexibility index (Phi) is 5.24. The van der Waals surface area contributed by atoms with Gasteiger partial charge in [-0.25, -0.2) is 4.98 Å². The number of nitrogens with one attached hydrogen (secondary N) is 1. The van der Waals surface area contributed by atoms with Crippen molar-refractivity contribution in [3.8, 4) is 6.07 Å². The number of nitrogens with zero attached hydrogens (tertiary/aromatic N) is 3. The molecule has 1 atom stereocenters. The van der Waals surface area contributed by atoms with E-state index >= 15 is 0 Å². The number of rotatable bonds is 6. The second-order valence-corrected chi connectivity index (χ2v) is 4.43. The van der Waals surface area contributed by atoms with E-state index in [1.54, 1.807) is 0 Å². The van der Waals surface area contributed by atoms with Crippen LogP contribution in [0.25, 0.3) is 0 Å². The minimum atomic E-state index is -0.562. The van der Waals surface area contributed by atoms with Gasteiger partial charge in [0.2, 0.25) is 5.82 Å². The van der Waals surface area contributed by atoms with E-state index in [0.717, 1.165) is 12.8 Å². The van der Waals surface area contributed by atoms with Crippen LogP contribution in [0.1, 0.15) is 39.2 Å². The Labute approximate surface area is 112 Å². The highest BCUT2D eigenvalue weighted by atomic mass is 16.6. The Morgan fingerprint density at radius 3 is 2.63 bits per heavy atom. The van der Waals surface area contributed by atoms with E-state index in [0.29, 0.717) is 5.92 Å². The Morgan fingerprint density at radius 2 is 2.16 bits per heavy atom. The molecular weight excluding hydrogens is 244 g/mol. The lowest BCUT2D eigenvalue weighted by Gasteiger charge is -2.22. The second kappa shape index (κ2) is 6.69. The lowest BCUT2D eigenvalue weighted by molar-refractivity contribution is -0.384. The lowest BCUT2D eigenvalue weighted by Crippen LogP contribution is -2.26. The summed E-state index contributed by atoms with van der Waals surface area (Å²) in [5.41, 5.74) is -0.220. The summed E-state index contributed by atoms with van der Waals surface area (Å²) >= 11 is 0. The van der Waals surface area contributed by atoms with Crippen LogP contribution in [0.15, 0.2) is 12.3 Å². The lowest BCUT2D eigenvalue weighted by atomic mass is 9.95. The zero-order valence-electron chi connectivity index (χ0n) is 11.4. The fourth-order valence-corrected chi connectivity index (χ4v) is 2.16. The molecule has 0 radical (unpaired) electrons. The maximum absolute atomic E-state index is 11.1. The monoisotopic (exact) mass is 262 g/mol. The first kappa shape index (κ1) is 14.9. The molecule has 1 aromatic rings. The number of aromatic nitrogens is 1. The molecule has 0 fully saturated rings. The molecule has 0 amide bonds. The van der Waals surface area contributed by atoms with Gasteiger partial charge in [-0.2, -0.15) is 5.26 Å². The Morgan fingerprint density at radius 1 is 1.53 bits per heavy atom. The van der Waals surface area contributed by atoms with Crippen molar-refractivity contribution in [1.29, 1.82) is 5.26 Å². The van der Waals surface area contributed by atoms with Crippen LogP contribution in [0.4, 0.5) is 11.5 Å². The van der Waals surface area contributed by atoms with Crippen molar-refractivity contribution in [2.75, 3.05) is 5.32 Å². The maximum atomic E-state index is 11.1. The average Bonchev–Trinajstić information content (AvgIpc) is 2.39. The summed E-state index contributed by atoms with van der Waals surface area (Å²) in [7, 11) is 0. The van der Waals surface area contributed by atoms with Gasteiger partial charge in [0.15, 0.2) is 0 Å². The molecule has 0 bridgehead atoms. The largest absolute Gasteiger partial charge is 0.362 e. The van der Waals surface area contributed by atoms with Crippen molar-refractivity contribution < 1.29 is 4.92 Å². The van der Waals surface area contributed by atoms with Gasteiger partial charge in [0.1, 0.15) is 11.6 Å². The maximum Gasteiger partial charge on any atom is 0.328 e. The SMILES string of the molecule is CCC(CC)C(C)Nc1nccc(C#N)c1[N+](=O)[O-]. The normalized spacial score (nSPS) is 11.9. The van der Waals surface area contributed by atoms with Gasteiger partial charge >= 0.3 is 5.69 Å². The highest BCUT2D eigenvalue weighted by molar-refractivity contribution is 5.64. The topological polar surface area (TPSA) is 91.8 Å². The third-order valence-electron chi connectivity index (χ3n) is 3.35. The van der Waals surface area contributed by atoms with Crippen LogP contribution in [0.3, 0.4) is 0 Å². The summed E-state index contributed by atoms with van der Waals surface area (Å²) in [6, 6.07) is 3.24. The van der Waals surface area contributed by atoms with E-state index in [1.165, 1.54) is 12.3 Å². The zero-order valence-corrected chi connectivity index (χ0v) is 11.4. The molecule has 1 unspecified atom stereocenters. The molecular formula is C13H18N4O2. The Bertz CT molecular complexity index is 492. The zero-order chi connectivity index (χ0) is 14.4. The molecule has 6 heteroatoms. The van der Waals surface area contributed by atoms with E-state index in [4.69, 9.17) is 5.26 Å². The molecule has 1 aromatic heterocycles. The van der Waals surface area contributed by atoms with Crippen molar-refractivity contribution in [1.82, 2.24) is 4.98 Å². The summed E-state index contributed by atoms with van der Waals surface area (Å²) in [4.78, 5) is 14.5. The molecule has 0 saturated carbocycles. The number of hydrogen-bond acceptors (Lipinski definition) is 5. The van der Waals surface area contributed by atoms with Crippen LogP contribution in [0.5, 0.6) is 0 Å². The Hall–Kier alpha value is -2.16. The van der Waals surface area contributed by atoms with Gasteiger partial charge in [-0.1, -0.05) is 26.7 Å². The van der Waals surface area contributed by atoms with Crippen LogP contribution in [-0.2, 0) is 0 Å². The molecule has 1 N–H and O–H groups in total. The molecule has 0 spiro atoms. The van der Waals surface area contributed by atoms with E-state index in [-0.39, 0.29) is 23.1 Å². The molecule has 0 saturated heterocycles. The van der Waals surface area contributed by atoms with Gasteiger partial charge in [-0.05, 0) is 18.9 Å². The number of nitriles is 1. The van der Waals surface area contributed by atoms with Gasteiger partial charge in [-0.3, -0.25) is 10.1 Å². The molecule has 0 aliphatic rings. The van der Waals surface area contributed by atoms with Gasteiger partial charge in [0.25, 0.3) is 0 Å². The molecule has 1 rings (SSSR count). The number of pyridine rings is 1. The third kappa shape index (κ3) is 3.41. The summed E-state index contributed by atoms with van der Waals surface area (Å²) in [6.45, 7) is 6.14. The molecule has 0 aliphatic heterocycles. The first-order valence-electron chi connectivity index (χ1n) is 6.35. The molecule has 102 valence electrons. The standard InChI is InChI=1S/C13H18N4O2/c1-4-10(5-2)9(3)16-13-12(17(18)19)11(8-14)6-7-15-13/h6-7,9-10H,4-5H2,1-3H3,(H,15,16). The van der Waals surface area contributed by atoms with Crippen molar-refractivity contribution in [3.63, 3.8) is 0 Å². The van der Waals surface area contributed by atoms with E-state index < -0.39 is 4.92 Å². The second-order valence-electron chi connectivity index (χ2n) is 4.43. The minimum absolute atomic E-state index is 0.0271. The summed E-state index contributed by atoms with van der Waals surface area (Å²) < 4.78 is 0. The predicted molar refractivity (Wildman–Crippen MR) is 72.8 cm³/mol. The fraction of sp³-hybridized carbons (Fsp3) is 0.538. The van der Waals surface area contributed by atoms with Crippen molar-refractivity contribution in [2.24, 2.45) is 5.92 Å². The highest BCUT2D eigenvalue weighted by Crippen LogP contribution is 2.27. The number of anilines is 1. The van der Waals surface area contributed by atoms with Crippen molar-refractivity contribution >= 4 is 11.5 Å². The van der Waals surface area contributed by atoms with Crippen LogP contribution in [0, 0.1) is 27.4 Å². The molecule has 1 heterocycles. The number of nitro groups is 1. The van der Waals surface area contributed by atoms with E-state index in [2.05, 4.69) is 24.1 Å².